The van der Waals surface area contributed by atoms with Crippen molar-refractivity contribution in [2.45, 2.75) is 31.5 Å². The summed E-state index contributed by atoms with van der Waals surface area (Å²) in [5, 5.41) is 4.91. The maximum atomic E-state index is 13.4. The number of ether oxygens (including phenoxy) is 2. The second-order valence-corrected chi connectivity index (χ2v) is 12.4. The summed E-state index contributed by atoms with van der Waals surface area (Å²) < 4.78 is 44.9. The first kappa shape index (κ1) is 26.7. The number of aromatic nitrogens is 3. The van der Waals surface area contributed by atoms with E-state index in [1.807, 2.05) is 85.1 Å². The Morgan fingerprint density at radius 1 is 0.925 bits per heavy atom. The van der Waals surface area contributed by atoms with Crippen molar-refractivity contribution in [1.82, 2.24) is 23.6 Å². The monoisotopic (exact) mass is 577 g/mol. The molecule has 0 N–H and O–H groups in total. The Hall–Kier alpha value is -3.51. The lowest BCUT2D eigenvalue weighted by molar-refractivity contribution is 0.0826. The first-order valence-electron chi connectivity index (χ1n) is 13.2. The van der Waals surface area contributed by atoms with E-state index in [0.717, 1.165) is 16.8 Å². The number of nitrogens with zero attached hydrogens (tertiary/aromatic N) is 5. The maximum Gasteiger partial charge on any atom is 0.243 e. The van der Waals surface area contributed by atoms with Gasteiger partial charge >= 0.3 is 0 Å². The van der Waals surface area contributed by atoms with Crippen LogP contribution in [0, 0.1) is 18.6 Å². The molecule has 3 aromatic carbocycles. The Balaban J connectivity index is 1.23. The van der Waals surface area contributed by atoms with Gasteiger partial charge in [0.25, 0.3) is 0 Å². The number of hydrogen-bond acceptors (Lipinski definition) is 7. The average Bonchev–Trinajstić information content (AvgIpc) is 3.30. The van der Waals surface area contributed by atoms with Crippen LogP contribution in [0.5, 0.6) is 11.5 Å². The molecule has 0 saturated carbocycles. The molecule has 4 aromatic rings. The number of hydrogen-bond donors (Lipinski definition) is 0. The molecule has 0 aliphatic carbocycles. The van der Waals surface area contributed by atoms with Crippen molar-refractivity contribution in [3.63, 3.8) is 0 Å². The van der Waals surface area contributed by atoms with Gasteiger partial charge in [0.05, 0.1) is 11.6 Å². The lowest BCUT2D eigenvalue weighted by Crippen LogP contribution is -2.49. The number of rotatable bonds is 6. The highest BCUT2D eigenvalue weighted by Gasteiger charge is 2.32. The zero-order valence-corrected chi connectivity index (χ0v) is 24.1. The van der Waals surface area contributed by atoms with Crippen molar-refractivity contribution in [2.75, 3.05) is 32.8 Å². The molecular formula is C29H31N5O4S2. The van der Waals surface area contributed by atoms with Gasteiger partial charge in [0.15, 0.2) is 23.4 Å². The van der Waals surface area contributed by atoms with Crippen LogP contribution in [0.3, 0.4) is 0 Å². The normalized spacial score (nSPS) is 18.1. The Morgan fingerprint density at radius 3 is 2.38 bits per heavy atom. The fourth-order valence-electron chi connectivity index (χ4n) is 5.12. The third kappa shape index (κ3) is 5.05. The summed E-state index contributed by atoms with van der Waals surface area (Å²) in [4.78, 5) is 2.55. The lowest BCUT2D eigenvalue weighted by Gasteiger charge is -2.34. The van der Waals surface area contributed by atoms with Crippen LogP contribution >= 0.6 is 12.2 Å². The minimum Gasteiger partial charge on any atom is -0.485 e. The Morgan fingerprint density at radius 2 is 1.62 bits per heavy atom. The Labute approximate surface area is 239 Å². The maximum absolute atomic E-state index is 13.4. The summed E-state index contributed by atoms with van der Waals surface area (Å²) in [5.41, 5.74) is 2.58. The predicted octanol–water partition coefficient (Wildman–Crippen LogP) is 4.50. The summed E-state index contributed by atoms with van der Waals surface area (Å²) >= 11 is 5.92. The molecule has 0 amide bonds. The number of benzene rings is 3. The summed E-state index contributed by atoms with van der Waals surface area (Å²) in [7, 11) is -3.57. The van der Waals surface area contributed by atoms with Gasteiger partial charge in [-0.25, -0.2) is 13.1 Å². The highest BCUT2D eigenvalue weighted by molar-refractivity contribution is 7.89. The van der Waals surface area contributed by atoms with Crippen molar-refractivity contribution >= 4 is 22.2 Å². The van der Waals surface area contributed by atoms with Crippen LogP contribution in [0.4, 0.5) is 0 Å². The predicted molar refractivity (Wildman–Crippen MR) is 154 cm³/mol. The average molecular weight is 578 g/mol. The van der Waals surface area contributed by atoms with Crippen molar-refractivity contribution in [3.05, 3.63) is 94.5 Å². The zero-order valence-electron chi connectivity index (χ0n) is 22.4. The van der Waals surface area contributed by atoms with E-state index in [2.05, 4.69) is 4.90 Å². The van der Waals surface area contributed by atoms with Crippen LogP contribution in [-0.4, -0.2) is 64.8 Å². The molecule has 40 heavy (non-hydrogen) atoms. The van der Waals surface area contributed by atoms with Gasteiger partial charge in [-0.15, -0.1) is 0 Å². The van der Waals surface area contributed by atoms with Crippen LogP contribution in [-0.2, 0) is 16.7 Å². The van der Waals surface area contributed by atoms with Crippen LogP contribution in [0.1, 0.15) is 23.1 Å². The quantitative estimate of drug-likeness (QED) is 0.312. The first-order valence-corrected chi connectivity index (χ1v) is 15.1. The van der Waals surface area contributed by atoms with E-state index in [9.17, 15) is 8.42 Å². The second-order valence-electron chi connectivity index (χ2n) is 10.1. The number of para-hydroxylation sites is 3. The topological polar surface area (TPSA) is 81.8 Å². The molecule has 0 spiro atoms. The molecule has 1 saturated heterocycles. The van der Waals surface area contributed by atoms with E-state index >= 15 is 0 Å². The largest absolute Gasteiger partial charge is 0.485 e. The van der Waals surface area contributed by atoms with Crippen molar-refractivity contribution in [2.24, 2.45) is 0 Å². The fraction of sp³-hybridized carbons (Fsp3) is 0.310. The van der Waals surface area contributed by atoms with Gasteiger partial charge in [0.2, 0.25) is 14.8 Å². The smallest absolute Gasteiger partial charge is 0.243 e. The van der Waals surface area contributed by atoms with Crippen molar-refractivity contribution in [3.8, 4) is 17.2 Å². The van der Waals surface area contributed by atoms with E-state index in [1.165, 1.54) is 0 Å². The summed E-state index contributed by atoms with van der Waals surface area (Å²) in [5.74, 6) is 2.03. The zero-order chi connectivity index (χ0) is 27.9. The number of piperazine rings is 1. The van der Waals surface area contributed by atoms with Gasteiger partial charge < -0.3 is 9.47 Å². The Bertz CT molecular complexity index is 1690. The minimum atomic E-state index is -3.57. The number of fused-ring (bicyclic) bond motifs is 1. The van der Waals surface area contributed by atoms with E-state index in [4.69, 9.17) is 26.8 Å². The van der Waals surface area contributed by atoms with Gasteiger partial charge in [0.1, 0.15) is 6.61 Å². The standard InChI is InChI=1S/C29H31N5O4S2/c1-21-12-13-22(2)27(18-21)40(35,36)32-16-14-31(15-17-32)20-33-29(39)34(23-8-4-3-5-9-23)28(30-33)26-19-37-24-10-6-7-11-25(24)38-26/h3-13,18,26H,14-17,19-20H2,1-2H3. The Kier molecular flexibility index (Phi) is 7.22. The van der Waals surface area contributed by atoms with Crippen LogP contribution < -0.4 is 9.47 Å². The van der Waals surface area contributed by atoms with Crippen LogP contribution in [0.25, 0.3) is 5.69 Å². The molecule has 11 heteroatoms. The molecule has 208 valence electrons. The van der Waals surface area contributed by atoms with E-state index in [1.54, 1.807) is 15.1 Å². The van der Waals surface area contributed by atoms with Gasteiger partial charge in [-0.3, -0.25) is 9.47 Å². The molecule has 9 nitrogen and oxygen atoms in total. The van der Waals surface area contributed by atoms with Gasteiger partial charge in [-0.1, -0.05) is 42.5 Å². The molecular weight excluding hydrogens is 546 g/mol. The summed E-state index contributed by atoms with van der Waals surface area (Å²) in [6.45, 7) is 6.41. The van der Waals surface area contributed by atoms with E-state index < -0.39 is 16.1 Å². The molecule has 1 atom stereocenters. The lowest BCUT2D eigenvalue weighted by atomic mass is 10.2. The van der Waals surface area contributed by atoms with Crippen molar-refractivity contribution in [1.29, 1.82) is 0 Å². The molecule has 1 unspecified atom stereocenters. The molecule has 3 heterocycles. The van der Waals surface area contributed by atoms with E-state index in [0.29, 0.717) is 66.4 Å². The summed E-state index contributed by atoms with van der Waals surface area (Å²) in [6, 6.07) is 23.0. The van der Waals surface area contributed by atoms with Gasteiger partial charge in [-0.2, -0.15) is 9.40 Å². The molecule has 1 fully saturated rings. The molecule has 1 aromatic heterocycles. The molecule has 6 rings (SSSR count). The highest BCUT2D eigenvalue weighted by Crippen LogP contribution is 2.36. The third-order valence-electron chi connectivity index (χ3n) is 7.30. The highest BCUT2D eigenvalue weighted by atomic mass is 32.2. The van der Waals surface area contributed by atoms with Gasteiger partial charge in [0, 0.05) is 31.9 Å². The number of aryl methyl sites for hydroxylation is 2. The molecule has 0 bridgehead atoms. The molecule has 2 aliphatic rings. The summed E-state index contributed by atoms with van der Waals surface area (Å²) in [6.07, 6.45) is -0.447. The second kappa shape index (κ2) is 10.8. The van der Waals surface area contributed by atoms with E-state index in [-0.39, 0.29) is 0 Å². The minimum absolute atomic E-state index is 0.310. The SMILES string of the molecule is Cc1ccc(C)c(S(=O)(=O)N2CCN(Cn3nc(C4COc5ccccc5O4)n(-c4ccccc4)c3=S)CC2)c1. The fourth-order valence-corrected chi connectivity index (χ4v) is 7.15. The number of sulfonamides is 1. The van der Waals surface area contributed by atoms with Gasteiger partial charge in [-0.05, 0) is 67.5 Å². The third-order valence-corrected chi connectivity index (χ3v) is 9.74. The molecule has 0 radical (unpaired) electrons. The first-order chi connectivity index (χ1) is 19.3. The van der Waals surface area contributed by atoms with Crippen LogP contribution in [0.15, 0.2) is 77.7 Å². The van der Waals surface area contributed by atoms with Crippen molar-refractivity contribution < 1.29 is 17.9 Å². The van der Waals surface area contributed by atoms with Crippen LogP contribution in [0.2, 0.25) is 0 Å². The molecule has 2 aliphatic heterocycles.